The van der Waals surface area contributed by atoms with Crippen LogP contribution in [-0.2, 0) is 22.0 Å². The van der Waals surface area contributed by atoms with Crippen LogP contribution in [0, 0.1) is 0 Å². The van der Waals surface area contributed by atoms with Gasteiger partial charge in [-0.1, -0.05) is 47.0 Å². The molecule has 0 amide bonds. The molecule has 3 aromatic rings. The van der Waals surface area contributed by atoms with Crippen LogP contribution >= 0.6 is 11.9 Å². The number of aromatic nitrogens is 2. The van der Waals surface area contributed by atoms with Gasteiger partial charge in [-0.15, -0.1) is 0 Å². The quantitative estimate of drug-likeness (QED) is 0.236. The fraction of sp³-hybridized carbons (Fsp3) is 0.533. The van der Waals surface area contributed by atoms with E-state index in [0.29, 0.717) is 17.6 Å². The Hall–Kier alpha value is -2.69. The minimum absolute atomic E-state index is 0.0755. The maximum absolute atomic E-state index is 13.9. The van der Waals surface area contributed by atoms with Crippen molar-refractivity contribution < 1.29 is 23.4 Å². The third kappa shape index (κ3) is 13.1. The summed E-state index contributed by atoms with van der Waals surface area (Å²) in [6.07, 6.45) is 3.89. The van der Waals surface area contributed by atoms with Gasteiger partial charge in [0, 0.05) is 51.0 Å². The Bertz CT molecular complexity index is 1100. The third-order valence-corrected chi connectivity index (χ3v) is 6.03. The molecule has 0 bridgehead atoms. The van der Waals surface area contributed by atoms with Gasteiger partial charge in [0.25, 0.3) is 0 Å². The molecule has 3 rings (SSSR count). The number of ether oxygens (including phenoxy) is 1. The van der Waals surface area contributed by atoms with Crippen LogP contribution in [0.3, 0.4) is 0 Å². The Morgan fingerprint density at radius 3 is 2.08 bits per heavy atom. The van der Waals surface area contributed by atoms with Gasteiger partial charge in [0.2, 0.25) is 0 Å². The number of nitrogens with zero attached hydrogens (tertiary/aromatic N) is 3. The molecule has 0 unspecified atom stereocenters. The first kappa shape index (κ1) is 37.3. The summed E-state index contributed by atoms with van der Waals surface area (Å²) in [7, 11) is 5.14. The van der Waals surface area contributed by atoms with Gasteiger partial charge in [-0.2, -0.15) is 8.78 Å². The smallest absolute Gasteiger partial charge is 0.302 e. The fourth-order valence-corrected chi connectivity index (χ4v) is 3.86. The van der Waals surface area contributed by atoms with E-state index >= 15 is 0 Å². The summed E-state index contributed by atoms with van der Waals surface area (Å²) in [4.78, 5) is 16.3. The molecule has 0 aliphatic rings. The molecule has 0 saturated carbocycles. The fourth-order valence-electron chi connectivity index (χ4n) is 3.07. The molecule has 0 atom stereocenters. The van der Waals surface area contributed by atoms with Crippen molar-refractivity contribution in [3.05, 3.63) is 48.3 Å². The van der Waals surface area contributed by atoms with E-state index in [4.69, 9.17) is 5.11 Å². The van der Waals surface area contributed by atoms with E-state index in [1.807, 2.05) is 54.7 Å². The highest BCUT2D eigenvalue weighted by atomic mass is 32.2. The highest BCUT2D eigenvalue weighted by molar-refractivity contribution is 8.00. The van der Waals surface area contributed by atoms with E-state index in [0.717, 1.165) is 23.2 Å². The number of alkyl halides is 2. The molecule has 0 aliphatic carbocycles. The number of Topliss-reactive ketones (excluding diaryl/α,β-unsaturated/α-hetero) is 1. The number of halogens is 2. The van der Waals surface area contributed by atoms with Crippen molar-refractivity contribution in [1.29, 1.82) is 0 Å². The van der Waals surface area contributed by atoms with Gasteiger partial charge >= 0.3 is 5.92 Å². The van der Waals surface area contributed by atoms with Gasteiger partial charge in [0.1, 0.15) is 6.61 Å². The van der Waals surface area contributed by atoms with E-state index in [1.165, 1.54) is 31.2 Å². The number of carbonyl (C=O) groups is 1. The summed E-state index contributed by atoms with van der Waals surface area (Å²) < 4.78 is 35.5. The molecular formula is C30H48F2N4O3S. The molecule has 2 N–H and O–H groups in total. The Morgan fingerprint density at radius 2 is 1.62 bits per heavy atom. The predicted octanol–water partition coefficient (Wildman–Crippen LogP) is 7.77. The minimum Gasteiger partial charge on any atom is -0.389 e. The molecule has 40 heavy (non-hydrogen) atoms. The highest BCUT2D eigenvalue weighted by Crippen LogP contribution is 2.33. The summed E-state index contributed by atoms with van der Waals surface area (Å²) >= 11 is 1.48. The number of imidazole rings is 1. The molecule has 7 nitrogen and oxygen atoms in total. The topological polar surface area (TPSA) is 79.6 Å². The van der Waals surface area contributed by atoms with Crippen LogP contribution in [-0.4, -0.2) is 54.9 Å². The van der Waals surface area contributed by atoms with Gasteiger partial charge in [-0.25, -0.2) is 4.98 Å². The third-order valence-electron chi connectivity index (χ3n) is 5.07. The number of ketones is 1. The molecule has 2 aromatic carbocycles. The van der Waals surface area contributed by atoms with Gasteiger partial charge in [-0.3, -0.25) is 4.79 Å². The van der Waals surface area contributed by atoms with Crippen LogP contribution in [0.4, 0.5) is 20.2 Å². The van der Waals surface area contributed by atoms with Gasteiger partial charge < -0.3 is 24.0 Å². The van der Waals surface area contributed by atoms with Crippen molar-refractivity contribution in [1.82, 2.24) is 9.55 Å². The van der Waals surface area contributed by atoms with Gasteiger partial charge in [0.15, 0.2) is 11.6 Å². The molecule has 0 fully saturated rings. The second-order valence-corrected chi connectivity index (χ2v) is 10.2. The number of anilines is 2. The number of fused-ring (bicyclic) bond motifs is 1. The Labute approximate surface area is 243 Å². The number of hydrogen-bond acceptors (Lipinski definition) is 7. The number of aliphatic hydroxyl groups is 1. The maximum Gasteiger partial charge on any atom is 0.302 e. The summed E-state index contributed by atoms with van der Waals surface area (Å²) in [5, 5.41) is 11.7. The van der Waals surface area contributed by atoms with Crippen LogP contribution in [0.2, 0.25) is 0 Å². The molecule has 1 heterocycles. The molecular weight excluding hydrogens is 534 g/mol. The van der Waals surface area contributed by atoms with Gasteiger partial charge in [-0.05, 0) is 61.3 Å². The molecule has 0 saturated heterocycles. The normalized spacial score (nSPS) is 10.4. The van der Waals surface area contributed by atoms with E-state index in [1.54, 1.807) is 24.9 Å². The predicted molar refractivity (Wildman–Crippen MR) is 166 cm³/mol. The van der Waals surface area contributed by atoms with Crippen molar-refractivity contribution in [2.45, 2.75) is 78.2 Å². The number of methoxy groups -OCH3 is 1. The van der Waals surface area contributed by atoms with Crippen LogP contribution in [0.1, 0.15) is 66.6 Å². The summed E-state index contributed by atoms with van der Waals surface area (Å²) in [5.74, 6) is -3.51. The summed E-state index contributed by atoms with van der Waals surface area (Å²) in [6.45, 7) is 11.3. The van der Waals surface area contributed by atoms with Crippen molar-refractivity contribution in [2.75, 3.05) is 44.0 Å². The zero-order valence-electron chi connectivity index (χ0n) is 25.6. The number of rotatable bonds is 10. The first-order valence-electron chi connectivity index (χ1n) is 13.6. The monoisotopic (exact) mass is 582 g/mol. The van der Waals surface area contributed by atoms with Crippen molar-refractivity contribution in [3.63, 3.8) is 0 Å². The Balaban J connectivity index is 0.00000132. The molecule has 1 aromatic heterocycles. The second kappa shape index (κ2) is 20.2. The Kier molecular flexibility index (Phi) is 18.9. The van der Waals surface area contributed by atoms with Crippen molar-refractivity contribution in [2.24, 2.45) is 0 Å². The van der Waals surface area contributed by atoms with Gasteiger partial charge in [0.05, 0.1) is 17.6 Å². The lowest BCUT2D eigenvalue weighted by atomic mass is 10.2. The SMILES string of the molecule is CCC.CCCC.CCn1c(C(C)(F)F)nc2cc(N(C)Sc3ccc(NCC(=O)CO)cc3)ccc21.COC. The number of nitrogens with one attached hydrogen (secondary N) is 1. The summed E-state index contributed by atoms with van der Waals surface area (Å²) in [5.41, 5.74) is 2.84. The van der Waals surface area contributed by atoms with Crippen LogP contribution in [0.15, 0.2) is 47.4 Å². The number of aliphatic hydroxyl groups excluding tert-OH is 1. The highest BCUT2D eigenvalue weighted by Gasteiger charge is 2.31. The molecule has 0 radical (unpaired) electrons. The molecule has 10 heteroatoms. The maximum atomic E-state index is 13.9. The average Bonchev–Trinajstić information content (AvgIpc) is 3.32. The number of hydrogen-bond donors (Lipinski definition) is 2. The standard InChI is InChI=1S/C21H24F2N4O2S.C4H10.C3H8.C2H6O/c1-4-27-19-10-7-15(11-18(19)25-20(27)21(2,22)23)26(3)30-17-8-5-14(6-9-17)24-12-16(29)13-28;1-3-4-2;2*1-3-2/h5-11,24,28H,4,12-13H2,1-3H3;3-4H2,1-2H3;3H2,1-2H3;1-2H3. The van der Waals surface area contributed by atoms with Crippen LogP contribution in [0.5, 0.6) is 0 Å². The molecule has 0 spiro atoms. The lowest BCUT2D eigenvalue weighted by Gasteiger charge is -2.18. The zero-order chi connectivity index (χ0) is 30.7. The number of carbonyl (C=O) groups excluding carboxylic acids is 1. The largest absolute Gasteiger partial charge is 0.389 e. The minimum atomic E-state index is -3.01. The van der Waals surface area contributed by atoms with E-state index in [-0.39, 0.29) is 18.2 Å². The first-order chi connectivity index (χ1) is 19.0. The van der Waals surface area contributed by atoms with E-state index in [9.17, 15) is 13.6 Å². The lowest BCUT2D eigenvalue weighted by molar-refractivity contribution is -0.120. The number of benzene rings is 2. The zero-order valence-corrected chi connectivity index (χ0v) is 26.4. The molecule has 0 aliphatic heterocycles. The average molecular weight is 583 g/mol. The van der Waals surface area contributed by atoms with Crippen molar-refractivity contribution >= 4 is 40.1 Å². The number of aryl methyl sites for hydroxylation is 1. The first-order valence-corrected chi connectivity index (χ1v) is 14.4. The van der Waals surface area contributed by atoms with Crippen LogP contribution in [0.25, 0.3) is 11.0 Å². The number of unbranched alkanes of at least 4 members (excludes halogenated alkanes) is 1. The lowest BCUT2D eigenvalue weighted by Crippen LogP contribution is -2.16. The molecule has 226 valence electrons. The van der Waals surface area contributed by atoms with E-state index < -0.39 is 12.5 Å². The second-order valence-electron chi connectivity index (χ2n) is 9.02. The van der Waals surface area contributed by atoms with Crippen molar-refractivity contribution in [3.8, 4) is 0 Å². The summed E-state index contributed by atoms with van der Waals surface area (Å²) in [6, 6.07) is 13.0. The van der Waals surface area contributed by atoms with E-state index in [2.05, 4.69) is 42.7 Å². The Morgan fingerprint density at radius 1 is 1.07 bits per heavy atom. The van der Waals surface area contributed by atoms with Crippen LogP contribution < -0.4 is 9.62 Å².